The van der Waals surface area contributed by atoms with Crippen LogP contribution in [-0.4, -0.2) is 4.57 Å². The van der Waals surface area contributed by atoms with Gasteiger partial charge in [-0.3, -0.25) is 0 Å². The van der Waals surface area contributed by atoms with E-state index in [4.69, 9.17) is 0 Å². The molecule has 0 atom stereocenters. The molecule has 2 aromatic heterocycles. The highest BCUT2D eigenvalue weighted by atomic mass is 32.1. The van der Waals surface area contributed by atoms with E-state index in [0.717, 1.165) is 22.7 Å². The molecule has 0 bridgehead atoms. The van der Waals surface area contributed by atoms with Gasteiger partial charge in [-0.1, -0.05) is 164 Å². The molecule has 0 unspecified atom stereocenters. The number of rotatable bonds is 7. The van der Waals surface area contributed by atoms with Gasteiger partial charge >= 0.3 is 0 Å². The molecule has 2 heterocycles. The highest BCUT2D eigenvalue weighted by Crippen LogP contribution is 2.45. The summed E-state index contributed by atoms with van der Waals surface area (Å²) < 4.78 is 5.07. The molecule has 0 aliphatic carbocycles. The number of aromatic nitrogens is 1. The van der Waals surface area contributed by atoms with Crippen molar-refractivity contribution in [1.82, 2.24) is 4.57 Å². The number of para-hydroxylation sites is 1. The summed E-state index contributed by atoms with van der Waals surface area (Å²) >= 11 is 1.88. The summed E-state index contributed by atoms with van der Waals surface area (Å²) in [5, 5.41) is 7.51. The molecule has 286 valence electrons. The maximum Gasteiger partial charge on any atom is 0.0547 e. The van der Waals surface area contributed by atoms with Gasteiger partial charge in [0.1, 0.15) is 0 Å². The van der Waals surface area contributed by atoms with E-state index in [2.05, 4.69) is 240 Å². The molecule has 3 heteroatoms. The predicted molar refractivity (Wildman–Crippen MR) is 262 cm³/mol. The summed E-state index contributed by atoms with van der Waals surface area (Å²) in [6.07, 6.45) is 0. The Morgan fingerprint density at radius 1 is 0.328 bits per heavy atom. The van der Waals surface area contributed by atoms with Crippen molar-refractivity contribution in [3.05, 3.63) is 231 Å². The Labute approximate surface area is 358 Å². The van der Waals surface area contributed by atoms with Crippen LogP contribution in [0.1, 0.15) is 0 Å². The van der Waals surface area contributed by atoms with E-state index in [1.165, 1.54) is 86.1 Å². The molecule has 0 saturated carbocycles. The van der Waals surface area contributed by atoms with E-state index in [1.54, 1.807) is 0 Å². The number of hydrogen-bond donors (Lipinski definition) is 0. The lowest BCUT2D eigenvalue weighted by atomic mass is 10.00. The molecular formula is C58H38N2S. The quantitative estimate of drug-likeness (QED) is 0.156. The summed E-state index contributed by atoms with van der Waals surface area (Å²) in [4.78, 5) is 2.37. The van der Waals surface area contributed by atoms with Crippen LogP contribution in [0.25, 0.3) is 91.8 Å². The number of nitrogens with zero attached hydrogens (tertiary/aromatic N) is 2. The Bertz CT molecular complexity index is 3560. The van der Waals surface area contributed by atoms with Gasteiger partial charge in [-0.05, 0) is 105 Å². The molecule has 61 heavy (non-hydrogen) atoms. The highest BCUT2D eigenvalue weighted by Gasteiger charge is 2.19. The summed E-state index contributed by atoms with van der Waals surface area (Å²) in [7, 11) is 0. The molecule has 0 saturated heterocycles. The number of fused-ring (bicyclic) bond motifs is 7. The molecule has 0 spiro atoms. The van der Waals surface area contributed by atoms with Gasteiger partial charge in [0.15, 0.2) is 0 Å². The number of thiophene rings is 1. The first kappa shape index (κ1) is 35.2. The van der Waals surface area contributed by atoms with Crippen LogP contribution < -0.4 is 4.90 Å². The first-order valence-electron chi connectivity index (χ1n) is 20.8. The van der Waals surface area contributed by atoms with Gasteiger partial charge in [0.25, 0.3) is 0 Å². The lowest BCUT2D eigenvalue weighted by Gasteiger charge is -2.26. The minimum Gasteiger partial charge on any atom is -0.310 e. The van der Waals surface area contributed by atoms with Crippen LogP contribution in [0.3, 0.4) is 0 Å². The van der Waals surface area contributed by atoms with E-state index < -0.39 is 0 Å². The van der Waals surface area contributed by atoms with Gasteiger partial charge in [-0.25, -0.2) is 0 Å². The molecule has 0 N–H and O–H groups in total. The van der Waals surface area contributed by atoms with E-state index >= 15 is 0 Å². The maximum absolute atomic E-state index is 2.47. The molecule has 0 aliphatic rings. The van der Waals surface area contributed by atoms with Crippen molar-refractivity contribution < 1.29 is 0 Å². The molecule has 12 aromatic rings. The van der Waals surface area contributed by atoms with Crippen molar-refractivity contribution in [3.8, 4) is 39.1 Å². The molecule has 10 aromatic carbocycles. The van der Waals surface area contributed by atoms with Gasteiger partial charge in [0.2, 0.25) is 0 Å². The normalized spacial score (nSPS) is 11.6. The molecule has 12 rings (SSSR count). The van der Waals surface area contributed by atoms with Gasteiger partial charge < -0.3 is 9.47 Å². The van der Waals surface area contributed by atoms with Crippen molar-refractivity contribution in [2.75, 3.05) is 4.90 Å². The second-order valence-electron chi connectivity index (χ2n) is 15.7. The summed E-state index contributed by atoms with van der Waals surface area (Å²) in [5.74, 6) is 0. The van der Waals surface area contributed by atoms with E-state index in [1.807, 2.05) is 11.3 Å². The lowest BCUT2D eigenvalue weighted by molar-refractivity contribution is 1.19. The maximum atomic E-state index is 2.47. The third-order valence-corrected chi connectivity index (χ3v) is 13.4. The fourth-order valence-corrected chi connectivity index (χ4v) is 10.4. The summed E-state index contributed by atoms with van der Waals surface area (Å²) in [6, 6.07) is 84.2. The van der Waals surface area contributed by atoms with Gasteiger partial charge in [-0.2, -0.15) is 0 Å². The largest absolute Gasteiger partial charge is 0.310 e. The second-order valence-corrected chi connectivity index (χ2v) is 16.8. The standard InChI is InChI=1S/C58H38N2S/c1-3-13-39(14-4-1)42-23-29-46(30-24-42)59(48-33-25-41-17-7-8-18-44(41)35-48)47-31-26-43(27-32-47)53-37-49(38-54-52-20-10-12-22-57(52)61-58(53)54)60-55-21-11-9-19-50(55)51-34-28-45(36-56(51)60)40-15-5-2-6-16-40/h1-38H. The van der Waals surface area contributed by atoms with E-state index in [0.29, 0.717) is 0 Å². The monoisotopic (exact) mass is 794 g/mol. The van der Waals surface area contributed by atoms with Gasteiger partial charge in [0.05, 0.1) is 11.0 Å². The minimum atomic E-state index is 1.10. The Balaban J connectivity index is 1.03. The molecular weight excluding hydrogens is 757 g/mol. The van der Waals surface area contributed by atoms with Crippen LogP contribution in [0.5, 0.6) is 0 Å². The predicted octanol–water partition coefficient (Wildman–Crippen LogP) is 16.8. The van der Waals surface area contributed by atoms with Crippen molar-refractivity contribution in [2.24, 2.45) is 0 Å². The zero-order valence-electron chi connectivity index (χ0n) is 33.2. The fraction of sp³-hybridized carbons (Fsp3) is 0. The first-order valence-corrected chi connectivity index (χ1v) is 21.6. The number of benzene rings is 10. The van der Waals surface area contributed by atoms with Crippen LogP contribution in [0.15, 0.2) is 231 Å². The van der Waals surface area contributed by atoms with Crippen molar-refractivity contribution >= 4 is 81.1 Å². The van der Waals surface area contributed by atoms with Gasteiger partial charge in [-0.15, -0.1) is 11.3 Å². The first-order chi connectivity index (χ1) is 30.2. The number of hydrogen-bond acceptors (Lipinski definition) is 2. The molecule has 0 fully saturated rings. The van der Waals surface area contributed by atoms with E-state index in [-0.39, 0.29) is 0 Å². The smallest absolute Gasteiger partial charge is 0.0547 e. The average Bonchev–Trinajstić information content (AvgIpc) is 3.88. The second kappa shape index (κ2) is 14.5. The zero-order valence-corrected chi connectivity index (χ0v) is 34.1. The minimum absolute atomic E-state index is 1.10. The van der Waals surface area contributed by atoms with Crippen LogP contribution in [-0.2, 0) is 0 Å². The van der Waals surface area contributed by atoms with Crippen LogP contribution in [0.2, 0.25) is 0 Å². The molecule has 0 aliphatic heterocycles. The summed E-state index contributed by atoms with van der Waals surface area (Å²) in [6.45, 7) is 0. The fourth-order valence-electron chi connectivity index (χ4n) is 9.20. The van der Waals surface area contributed by atoms with Crippen molar-refractivity contribution in [3.63, 3.8) is 0 Å². The summed E-state index contributed by atoms with van der Waals surface area (Å²) in [5.41, 5.74) is 14.1. The van der Waals surface area contributed by atoms with Gasteiger partial charge in [0, 0.05) is 59.3 Å². The molecule has 0 radical (unpaired) electrons. The Morgan fingerprint density at radius 2 is 0.885 bits per heavy atom. The van der Waals surface area contributed by atoms with Crippen molar-refractivity contribution in [1.29, 1.82) is 0 Å². The lowest BCUT2D eigenvalue weighted by Crippen LogP contribution is -2.09. The average molecular weight is 795 g/mol. The Kier molecular flexibility index (Phi) is 8.39. The SMILES string of the molecule is c1ccc(-c2ccc(N(c3ccc(-c4cc(-n5c6ccccc6c6ccc(-c7ccccc7)cc65)cc5c4sc4ccccc45)cc3)c3ccc4ccccc4c3)cc2)cc1. The highest BCUT2D eigenvalue weighted by molar-refractivity contribution is 7.26. The molecule has 2 nitrogen and oxygen atoms in total. The molecule has 0 amide bonds. The van der Waals surface area contributed by atoms with E-state index in [9.17, 15) is 0 Å². The van der Waals surface area contributed by atoms with Crippen molar-refractivity contribution in [2.45, 2.75) is 0 Å². The third kappa shape index (κ3) is 6.09. The third-order valence-electron chi connectivity index (χ3n) is 12.2. The number of anilines is 3. The van der Waals surface area contributed by atoms with Crippen LogP contribution in [0.4, 0.5) is 17.1 Å². The Hall–Kier alpha value is -7.72. The topological polar surface area (TPSA) is 8.17 Å². The Morgan fingerprint density at radius 3 is 1.64 bits per heavy atom. The zero-order chi connectivity index (χ0) is 40.3. The van der Waals surface area contributed by atoms with Crippen LogP contribution >= 0.6 is 11.3 Å². The van der Waals surface area contributed by atoms with Crippen LogP contribution in [0, 0.1) is 0 Å².